The number of nitrogens with one attached hydrogen (secondary N) is 1. The number of amides is 2. The first kappa shape index (κ1) is 28.3. The second-order valence-electron chi connectivity index (χ2n) is 9.98. The number of rotatable bonds is 12. The fraction of sp³-hybridized carbons (Fsp3) is 0.375. The van der Waals surface area contributed by atoms with E-state index in [0.717, 1.165) is 49.2 Å². The second-order valence-corrected chi connectivity index (χ2v) is 9.98. The Bertz CT molecular complexity index is 1240. The molecule has 3 aromatic rings. The zero-order valence-electron chi connectivity index (χ0n) is 23.0. The largest absolute Gasteiger partial charge is 0.497 e. The Kier molecular flexibility index (Phi) is 9.71. The van der Waals surface area contributed by atoms with Crippen LogP contribution in [0, 0.1) is 5.82 Å². The number of hydrogen-bond acceptors (Lipinski definition) is 4. The van der Waals surface area contributed by atoms with E-state index in [9.17, 15) is 14.0 Å². The quantitative estimate of drug-likeness (QED) is 0.333. The zero-order chi connectivity index (χ0) is 27.8. The Labute approximate surface area is 230 Å². The molecule has 2 amide bonds. The number of carbonyl (C=O) groups excluding carboxylic acids is 2. The minimum absolute atomic E-state index is 0.118. The number of carbonyl (C=O) groups is 2. The average Bonchev–Trinajstić information content (AvgIpc) is 2.95. The van der Waals surface area contributed by atoms with Crippen LogP contribution in [0.25, 0.3) is 0 Å². The van der Waals surface area contributed by atoms with E-state index in [-0.39, 0.29) is 24.2 Å². The number of ether oxygens (including phenoxy) is 1. The van der Waals surface area contributed by atoms with Gasteiger partial charge in [0.2, 0.25) is 5.91 Å². The number of fused-ring (bicyclic) bond motifs is 1. The molecule has 0 unspecified atom stereocenters. The van der Waals surface area contributed by atoms with Crippen molar-refractivity contribution in [2.45, 2.75) is 45.2 Å². The fourth-order valence-electron chi connectivity index (χ4n) is 5.42. The number of benzene rings is 3. The van der Waals surface area contributed by atoms with Gasteiger partial charge in [-0.2, -0.15) is 0 Å². The highest BCUT2D eigenvalue weighted by Gasteiger charge is 2.44. The van der Waals surface area contributed by atoms with Crippen molar-refractivity contribution < 1.29 is 18.7 Å². The van der Waals surface area contributed by atoms with Gasteiger partial charge in [0.1, 0.15) is 11.6 Å². The van der Waals surface area contributed by atoms with Crippen molar-refractivity contribution in [3.05, 3.63) is 101 Å². The lowest BCUT2D eigenvalue weighted by Crippen LogP contribution is -2.48. The maximum atomic E-state index is 14.0. The van der Waals surface area contributed by atoms with E-state index in [1.165, 1.54) is 12.1 Å². The molecule has 0 saturated carbocycles. The van der Waals surface area contributed by atoms with E-state index in [2.05, 4.69) is 24.1 Å². The lowest BCUT2D eigenvalue weighted by Gasteiger charge is -2.42. The number of hydrogen-bond donors (Lipinski definition) is 1. The van der Waals surface area contributed by atoms with Crippen LogP contribution in [0.4, 0.5) is 4.39 Å². The Morgan fingerprint density at radius 3 is 2.26 bits per heavy atom. The molecule has 39 heavy (non-hydrogen) atoms. The molecular formula is C32H38FN3O3. The normalized spacial score (nSPS) is 16.7. The SMILES string of the molecule is CCCN(CCC)CCNC(=O)[C@@H]1c2ccccc2C(=O)N(Cc2ccc(F)cc2)[C@@H]1c1ccc(OC)cc1. The molecule has 1 N–H and O–H groups in total. The smallest absolute Gasteiger partial charge is 0.255 e. The summed E-state index contributed by atoms with van der Waals surface area (Å²) in [6.07, 6.45) is 2.12. The maximum absolute atomic E-state index is 14.0. The van der Waals surface area contributed by atoms with Crippen LogP contribution in [0.15, 0.2) is 72.8 Å². The molecule has 4 rings (SSSR count). The summed E-state index contributed by atoms with van der Waals surface area (Å²) >= 11 is 0. The van der Waals surface area contributed by atoms with Crippen LogP contribution in [0.1, 0.15) is 65.7 Å². The van der Waals surface area contributed by atoms with E-state index < -0.39 is 12.0 Å². The van der Waals surface area contributed by atoms with Gasteiger partial charge in [0.25, 0.3) is 5.91 Å². The maximum Gasteiger partial charge on any atom is 0.255 e. The van der Waals surface area contributed by atoms with E-state index in [0.29, 0.717) is 17.9 Å². The lowest BCUT2D eigenvalue weighted by atomic mass is 9.79. The van der Waals surface area contributed by atoms with E-state index in [4.69, 9.17) is 4.74 Å². The summed E-state index contributed by atoms with van der Waals surface area (Å²) in [5.41, 5.74) is 2.86. The molecule has 0 fully saturated rings. The predicted octanol–water partition coefficient (Wildman–Crippen LogP) is 5.55. The average molecular weight is 532 g/mol. The van der Waals surface area contributed by atoms with Gasteiger partial charge >= 0.3 is 0 Å². The van der Waals surface area contributed by atoms with E-state index in [1.54, 1.807) is 30.2 Å². The van der Waals surface area contributed by atoms with Gasteiger partial charge in [-0.15, -0.1) is 0 Å². The molecule has 0 aromatic heterocycles. The third-order valence-corrected chi connectivity index (χ3v) is 7.25. The zero-order valence-corrected chi connectivity index (χ0v) is 23.0. The molecule has 1 heterocycles. The lowest BCUT2D eigenvalue weighted by molar-refractivity contribution is -0.124. The van der Waals surface area contributed by atoms with E-state index >= 15 is 0 Å². The molecule has 1 aliphatic rings. The van der Waals surface area contributed by atoms with Gasteiger partial charge < -0.3 is 19.9 Å². The van der Waals surface area contributed by atoms with Gasteiger partial charge in [-0.1, -0.05) is 56.3 Å². The van der Waals surface area contributed by atoms with Crippen LogP contribution in [-0.2, 0) is 11.3 Å². The standard InChI is InChI=1S/C32H38FN3O3/c1-4-19-35(20-5-2)21-18-34-31(37)29-27-8-6-7-9-28(27)32(38)36(22-23-10-14-25(33)15-11-23)30(29)24-12-16-26(39-3)17-13-24/h6-17,29-30H,4-5,18-22H2,1-3H3,(H,34,37)/t29-,30-/m1/s1. The third kappa shape index (κ3) is 6.66. The monoisotopic (exact) mass is 531 g/mol. The molecule has 7 heteroatoms. The van der Waals surface area contributed by atoms with E-state index in [1.807, 2.05) is 42.5 Å². The van der Waals surface area contributed by atoms with Crippen molar-refractivity contribution in [1.29, 1.82) is 0 Å². The third-order valence-electron chi connectivity index (χ3n) is 7.25. The fourth-order valence-corrected chi connectivity index (χ4v) is 5.42. The van der Waals surface area contributed by atoms with Crippen LogP contribution >= 0.6 is 0 Å². The van der Waals surface area contributed by atoms with Crippen molar-refractivity contribution in [1.82, 2.24) is 15.1 Å². The minimum Gasteiger partial charge on any atom is -0.497 e. The van der Waals surface area contributed by atoms with Crippen LogP contribution in [0.3, 0.4) is 0 Å². The van der Waals surface area contributed by atoms with Crippen molar-refractivity contribution >= 4 is 11.8 Å². The molecule has 1 aliphatic heterocycles. The summed E-state index contributed by atoms with van der Waals surface area (Å²) in [6, 6.07) is 20.5. The number of methoxy groups -OCH3 is 1. The van der Waals surface area contributed by atoms with Gasteiger partial charge in [-0.25, -0.2) is 4.39 Å². The van der Waals surface area contributed by atoms with Crippen LogP contribution in [-0.4, -0.2) is 54.9 Å². The molecular weight excluding hydrogens is 493 g/mol. The topological polar surface area (TPSA) is 61.9 Å². The molecule has 0 saturated heterocycles. The minimum atomic E-state index is -0.612. The van der Waals surface area contributed by atoms with Crippen molar-refractivity contribution in [2.24, 2.45) is 0 Å². The molecule has 206 valence electrons. The van der Waals surface area contributed by atoms with Crippen LogP contribution in [0.2, 0.25) is 0 Å². The molecule has 0 bridgehead atoms. The van der Waals surface area contributed by atoms with Crippen molar-refractivity contribution in [3.8, 4) is 5.75 Å². The first-order valence-corrected chi connectivity index (χ1v) is 13.7. The number of halogens is 1. The number of nitrogens with zero attached hydrogens (tertiary/aromatic N) is 2. The molecule has 2 atom stereocenters. The molecule has 0 aliphatic carbocycles. The molecule has 0 spiro atoms. The van der Waals surface area contributed by atoms with Gasteiger partial charge in [0, 0.05) is 25.2 Å². The van der Waals surface area contributed by atoms with Gasteiger partial charge in [0.15, 0.2) is 0 Å². The Hall–Kier alpha value is -3.71. The summed E-state index contributed by atoms with van der Waals surface area (Å²) in [5.74, 6) is -0.527. The summed E-state index contributed by atoms with van der Waals surface area (Å²) in [5, 5.41) is 3.18. The highest BCUT2D eigenvalue weighted by Crippen LogP contribution is 2.44. The van der Waals surface area contributed by atoms with Crippen molar-refractivity contribution in [2.75, 3.05) is 33.3 Å². The Morgan fingerprint density at radius 1 is 0.949 bits per heavy atom. The van der Waals surface area contributed by atoms with Crippen LogP contribution in [0.5, 0.6) is 5.75 Å². The predicted molar refractivity (Wildman–Crippen MR) is 151 cm³/mol. The molecule has 3 aromatic carbocycles. The molecule has 0 radical (unpaired) electrons. The highest BCUT2D eigenvalue weighted by molar-refractivity contribution is 6.01. The Morgan fingerprint density at radius 2 is 1.62 bits per heavy atom. The Balaban J connectivity index is 1.71. The van der Waals surface area contributed by atoms with Crippen LogP contribution < -0.4 is 10.1 Å². The summed E-state index contributed by atoms with van der Waals surface area (Å²) < 4.78 is 19.0. The first-order chi connectivity index (χ1) is 19.0. The summed E-state index contributed by atoms with van der Waals surface area (Å²) in [6.45, 7) is 7.84. The van der Waals surface area contributed by atoms with Gasteiger partial charge in [0.05, 0.1) is 19.1 Å². The second kappa shape index (κ2) is 13.4. The van der Waals surface area contributed by atoms with Gasteiger partial charge in [-0.3, -0.25) is 9.59 Å². The van der Waals surface area contributed by atoms with Crippen molar-refractivity contribution in [3.63, 3.8) is 0 Å². The molecule has 6 nitrogen and oxygen atoms in total. The summed E-state index contributed by atoms with van der Waals surface area (Å²) in [4.78, 5) is 32.0. The highest BCUT2D eigenvalue weighted by atomic mass is 19.1. The first-order valence-electron chi connectivity index (χ1n) is 13.7. The summed E-state index contributed by atoms with van der Waals surface area (Å²) in [7, 11) is 1.60. The van der Waals surface area contributed by atoms with Gasteiger partial charge in [-0.05, 0) is 73.0 Å².